The van der Waals surface area contributed by atoms with Gasteiger partial charge in [-0.05, 0) is 0 Å². The summed E-state index contributed by atoms with van der Waals surface area (Å²) in [6.07, 6.45) is 0. The van der Waals surface area contributed by atoms with E-state index >= 15 is 0 Å². The average Bonchev–Trinajstić information content (AvgIpc) is 2.53. The molecule has 3 aromatic rings. The molecule has 0 saturated heterocycles. The Labute approximate surface area is 129 Å². The average molecular weight is 338 g/mol. The summed E-state index contributed by atoms with van der Waals surface area (Å²) in [7, 11) is 0. The molecule has 0 fully saturated rings. The normalized spacial score (nSPS) is 13.2. The van der Waals surface area contributed by atoms with Gasteiger partial charge in [-0.3, -0.25) is 0 Å². The first-order valence-corrected chi connectivity index (χ1v) is 9.57. The van der Waals surface area contributed by atoms with E-state index in [9.17, 15) is 0 Å². The Hall–Kier alpha value is -2.02. The minimum absolute atomic E-state index is 1.02. The summed E-state index contributed by atoms with van der Waals surface area (Å²) in [4.78, 5) is 0. The molecule has 4 rings (SSSR count). The third kappa shape index (κ3) is 2.17. The molecule has 0 spiro atoms. The molecule has 0 atom stereocenters. The van der Waals surface area contributed by atoms with E-state index in [-0.39, 0.29) is 0 Å². The van der Waals surface area contributed by atoms with Crippen LogP contribution in [-0.4, -0.2) is 13.9 Å². The fourth-order valence-electron chi connectivity index (χ4n) is 2.57. The number of aryl methyl sites for hydroxylation is 1. The molecule has 0 N–H and O–H groups in total. The first-order chi connectivity index (χ1) is 10.3. The zero-order valence-corrected chi connectivity index (χ0v) is 13.5. The molecular weight excluding hydrogens is 323 g/mol. The van der Waals surface area contributed by atoms with Gasteiger partial charge in [-0.1, -0.05) is 0 Å². The zero-order chi connectivity index (χ0) is 14.2. The van der Waals surface area contributed by atoms with E-state index in [0.717, 1.165) is 11.5 Å². The first-order valence-electron chi connectivity index (χ1n) is 7.00. The second kappa shape index (κ2) is 5.07. The number of para-hydroxylation sites is 2. The first kappa shape index (κ1) is 12.7. The molecule has 0 aliphatic carbocycles. The molecule has 1 radical (unpaired) electrons. The van der Waals surface area contributed by atoms with Gasteiger partial charge in [-0.25, -0.2) is 0 Å². The van der Waals surface area contributed by atoms with Gasteiger partial charge in [0, 0.05) is 0 Å². The van der Waals surface area contributed by atoms with Gasteiger partial charge in [-0.15, -0.1) is 0 Å². The van der Waals surface area contributed by atoms with Crippen LogP contribution >= 0.6 is 0 Å². The van der Waals surface area contributed by atoms with E-state index in [1.54, 1.807) is 0 Å². The van der Waals surface area contributed by atoms with Gasteiger partial charge in [0.05, 0.1) is 0 Å². The van der Waals surface area contributed by atoms with Crippen LogP contribution < -0.4 is 18.1 Å². The van der Waals surface area contributed by atoms with Crippen molar-refractivity contribution in [3.63, 3.8) is 0 Å². The fourth-order valence-corrected chi connectivity index (χ4v) is 7.20. The zero-order valence-electron chi connectivity index (χ0n) is 11.7. The van der Waals surface area contributed by atoms with E-state index in [1.807, 2.05) is 12.1 Å². The number of ether oxygens (including phenoxy) is 1. The topological polar surface area (TPSA) is 9.23 Å². The van der Waals surface area contributed by atoms with E-state index < -0.39 is 13.9 Å². The molecule has 3 aromatic carbocycles. The van der Waals surface area contributed by atoms with Crippen LogP contribution in [0, 0.1) is 6.92 Å². The molecule has 1 aliphatic rings. The predicted octanol–water partition coefficient (Wildman–Crippen LogP) is 2.62. The molecule has 0 bridgehead atoms. The van der Waals surface area contributed by atoms with Crippen LogP contribution in [0.4, 0.5) is 0 Å². The second-order valence-electron chi connectivity index (χ2n) is 5.11. The van der Waals surface area contributed by atoms with Crippen molar-refractivity contribution in [2.24, 2.45) is 0 Å². The number of hydrogen-bond donors (Lipinski definition) is 0. The second-order valence-corrected chi connectivity index (χ2v) is 9.23. The molecule has 0 saturated carbocycles. The third-order valence-corrected chi connectivity index (χ3v) is 8.44. The summed E-state index contributed by atoms with van der Waals surface area (Å²) < 4.78 is 10.2. The SMILES string of the molecule is Cc1ccc([Se]2c3ccccc3Oc3ccccc32)cc1. The van der Waals surface area contributed by atoms with Crippen molar-refractivity contribution < 1.29 is 4.74 Å². The third-order valence-electron chi connectivity index (χ3n) is 3.61. The van der Waals surface area contributed by atoms with Crippen molar-refractivity contribution in [2.75, 3.05) is 0 Å². The van der Waals surface area contributed by atoms with Gasteiger partial charge < -0.3 is 0 Å². The maximum atomic E-state index is 6.08. The van der Waals surface area contributed by atoms with Crippen molar-refractivity contribution >= 4 is 27.3 Å². The van der Waals surface area contributed by atoms with Crippen molar-refractivity contribution in [1.29, 1.82) is 0 Å². The van der Waals surface area contributed by atoms with Gasteiger partial charge in [0.2, 0.25) is 0 Å². The summed E-state index contributed by atoms with van der Waals surface area (Å²) in [6.45, 7) is 2.13. The minimum atomic E-state index is -1.26. The Morgan fingerprint density at radius 1 is 0.667 bits per heavy atom. The Morgan fingerprint density at radius 2 is 1.19 bits per heavy atom. The van der Waals surface area contributed by atoms with E-state index in [4.69, 9.17) is 4.74 Å². The number of rotatable bonds is 1. The monoisotopic (exact) mass is 339 g/mol. The number of fused-ring (bicyclic) bond motifs is 2. The summed E-state index contributed by atoms with van der Waals surface area (Å²) in [5.41, 5.74) is 1.30. The van der Waals surface area contributed by atoms with Gasteiger partial charge in [0.1, 0.15) is 0 Å². The summed E-state index contributed by atoms with van der Waals surface area (Å²) in [6, 6.07) is 25.9. The van der Waals surface area contributed by atoms with Crippen LogP contribution in [0.15, 0.2) is 72.8 Å². The standard InChI is InChI=1S/C19H15OSe/c1-14-10-12-15(13-11-14)21-18-8-4-2-6-16(18)20-17-7-3-5-9-19(17)21/h2-13H,1H3. The molecule has 0 amide bonds. The van der Waals surface area contributed by atoms with E-state index in [0.29, 0.717) is 0 Å². The molecule has 1 heterocycles. The van der Waals surface area contributed by atoms with Gasteiger partial charge >= 0.3 is 129 Å². The van der Waals surface area contributed by atoms with Crippen LogP contribution in [0.2, 0.25) is 0 Å². The molecule has 2 heteroatoms. The van der Waals surface area contributed by atoms with Crippen LogP contribution in [0.5, 0.6) is 11.5 Å². The Kier molecular flexibility index (Phi) is 3.07. The van der Waals surface area contributed by atoms with Crippen molar-refractivity contribution in [3.05, 3.63) is 78.4 Å². The number of hydrogen-bond acceptors (Lipinski definition) is 1. The van der Waals surface area contributed by atoms with Crippen molar-refractivity contribution in [2.45, 2.75) is 6.92 Å². The van der Waals surface area contributed by atoms with Gasteiger partial charge in [0.15, 0.2) is 0 Å². The fraction of sp³-hybridized carbons (Fsp3) is 0.0526. The molecule has 0 unspecified atom stereocenters. The maximum absolute atomic E-state index is 6.08. The Bertz CT molecular complexity index is 747. The molecule has 0 aromatic heterocycles. The molecule has 21 heavy (non-hydrogen) atoms. The van der Waals surface area contributed by atoms with Crippen LogP contribution in [0.3, 0.4) is 0 Å². The van der Waals surface area contributed by atoms with E-state index in [1.165, 1.54) is 18.9 Å². The number of benzene rings is 3. The Morgan fingerprint density at radius 3 is 1.76 bits per heavy atom. The van der Waals surface area contributed by atoms with Crippen LogP contribution in [0.1, 0.15) is 5.56 Å². The predicted molar refractivity (Wildman–Crippen MR) is 88.8 cm³/mol. The molecule has 1 nitrogen and oxygen atoms in total. The summed E-state index contributed by atoms with van der Waals surface area (Å²) >= 11 is -1.26. The van der Waals surface area contributed by atoms with Crippen molar-refractivity contribution in [1.82, 2.24) is 0 Å². The van der Waals surface area contributed by atoms with Gasteiger partial charge in [0.25, 0.3) is 0 Å². The quantitative estimate of drug-likeness (QED) is 0.485. The summed E-state index contributed by atoms with van der Waals surface area (Å²) in [5, 5.41) is 0. The van der Waals surface area contributed by atoms with Crippen LogP contribution in [0.25, 0.3) is 0 Å². The summed E-state index contributed by atoms with van der Waals surface area (Å²) in [5.74, 6) is 2.03. The van der Waals surface area contributed by atoms with Crippen LogP contribution in [-0.2, 0) is 0 Å². The van der Waals surface area contributed by atoms with Crippen molar-refractivity contribution in [3.8, 4) is 11.5 Å². The van der Waals surface area contributed by atoms with Gasteiger partial charge in [-0.2, -0.15) is 0 Å². The Balaban J connectivity index is 1.95. The molecular formula is C19H15OSe. The molecule has 103 valence electrons. The molecule has 1 aliphatic heterocycles. The van der Waals surface area contributed by atoms with E-state index in [2.05, 4.69) is 67.6 Å².